The van der Waals surface area contributed by atoms with Crippen molar-refractivity contribution in [3.05, 3.63) is 45.7 Å². The molecule has 4 heterocycles. The van der Waals surface area contributed by atoms with Crippen LogP contribution < -0.4 is 0 Å². The summed E-state index contributed by atoms with van der Waals surface area (Å²) in [4.78, 5) is 41.8. The summed E-state index contributed by atoms with van der Waals surface area (Å²) in [6, 6.07) is 3.95. The van der Waals surface area contributed by atoms with E-state index in [9.17, 15) is 14.4 Å². The fourth-order valence-corrected chi connectivity index (χ4v) is 6.10. The maximum absolute atomic E-state index is 13.5. The first-order chi connectivity index (χ1) is 16.0. The molecule has 0 atom stereocenters. The summed E-state index contributed by atoms with van der Waals surface area (Å²) in [6.07, 6.45) is 5.60. The van der Waals surface area contributed by atoms with Crippen molar-refractivity contribution in [2.24, 2.45) is 11.3 Å². The van der Waals surface area contributed by atoms with Crippen LogP contribution in [0, 0.1) is 18.3 Å². The van der Waals surface area contributed by atoms with Gasteiger partial charge in [0.1, 0.15) is 13.2 Å². The molecule has 6 rings (SSSR count). The molecule has 0 bridgehead atoms. The normalized spacial score (nSPS) is 24.6. The molecule has 3 fully saturated rings. The number of carbonyl (C=O) groups excluding carboxylic acids is 3. The molecule has 1 spiro atoms. The molecule has 1 saturated carbocycles. The van der Waals surface area contributed by atoms with E-state index in [-0.39, 0.29) is 29.9 Å². The van der Waals surface area contributed by atoms with E-state index in [1.54, 1.807) is 0 Å². The quantitative estimate of drug-likeness (QED) is 0.642. The van der Waals surface area contributed by atoms with E-state index < -0.39 is 0 Å². The Bertz CT molecular complexity index is 1080. The Morgan fingerprint density at radius 1 is 0.970 bits per heavy atom. The van der Waals surface area contributed by atoms with Gasteiger partial charge in [0.15, 0.2) is 0 Å². The molecule has 1 aliphatic carbocycles. The van der Waals surface area contributed by atoms with Crippen molar-refractivity contribution in [3.8, 4) is 0 Å². The Morgan fingerprint density at radius 2 is 1.70 bits per heavy atom. The second kappa shape index (κ2) is 7.69. The first-order valence-corrected chi connectivity index (χ1v) is 12.2. The van der Waals surface area contributed by atoms with Crippen LogP contribution in [0.1, 0.15) is 59.2 Å². The van der Waals surface area contributed by atoms with E-state index in [1.165, 1.54) is 11.1 Å². The van der Waals surface area contributed by atoms with Gasteiger partial charge in [0.05, 0.1) is 22.2 Å². The summed E-state index contributed by atoms with van der Waals surface area (Å²) < 4.78 is 10.5. The zero-order valence-corrected chi connectivity index (χ0v) is 19.2. The van der Waals surface area contributed by atoms with E-state index >= 15 is 0 Å². The molecule has 0 N–H and O–H groups in total. The number of hydrogen-bond donors (Lipinski definition) is 0. The summed E-state index contributed by atoms with van der Waals surface area (Å²) in [5.41, 5.74) is 5.50. The lowest BCUT2D eigenvalue weighted by atomic mass is 9.77. The Morgan fingerprint density at radius 3 is 2.45 bits per heavy atom. The van der Waals surface area contributed by atoms with Crippen LogP contribution in [0.3, 0.4) is 0 Å². The molecule has 2 saturated heterocycles. The number of ether oxygens (including phenoxy) is 2. The largest absolute Gasteiger partial charge is 0.457 e. The molecule has 1 aromatic rings. The van der Waals surface area contributed by atoms with Crippen LogP contribution in [0.4, 0.5) is 0 Å². The van der Waals surface area contributed by atoms with Crippen LogP contribution in [0.25, 0.3) is 0 Å². The third-order valence-electron chi connectivity index (χ3n) is 8.48. The third kappa shape index (κ3) is 3.39. The van der Waals surface area contributed by atoms with Crippen LogP contribution in [0.15, 0.2) is 23.4 Å². The minimum atomic E-state index is -0.287. The number of likely N-dealkylation sites (tertiary alicyclic amines) is 2. The van der Waals surface area contributed by atoms with Crippen molar-refractivity contribution < 1.29 is 23.9 Å². The smallest absolute Gasteiger partial charge is 0.338 e. The number of hydrogen-bond acceptors (Lipinski definition) is 6. The molecule has 1 aromatic carbocycles. The van der Waals surface area contributed by atoms with Crippen molar-refractivity contribution in [2.45, 2.75) is 52.1 Å². The Balaban J connectivity index is 1.09. The summed E-state index contributed by atoms with van der Waals surface area (Å²) in [5, 5.41) is 0. The van der Waals surface area contributed by atoms with Gasteiger partial charge in [0.25, 0.3) is 0 Å². The summed E-state index contributed by atoms with van der Waals surface area (Å²) in [7, 11) is 0. The van der Waals surface area contributed by atoms with Gasteiger partial charge in [-0.2, -0.15) is 0 Å². The number of carbonyl (C=O) groups is 3. The lowest BCUT2D eigenvalue weighted by Crippen LogP contribution is -2.45. The van der Waals surface area contributed by atoms with Gasteiger partial charge in [-0.1, -0.05) is 6.07 Å². The Hall–Kier alpha value is -2.67. The summed E-state index contributed by atoms with van der Waals surface area (Å²) in [5.74, 6) is 0.0694. The maximum Gasteiger partial charge on any atom is 0.338 e. The predicted octanol–water partition coefficient (Wildman–Crippen LogP) is 2.74. The second-order valence-electron chi connectivity index (χ2n) is 10.2. The number of rotatable bonds is 5. The van der Waals surface area contributed by atoms with Crippen molar-refractivity contribution in [1.82, 2.24) is 9.80 Å². The highest BCUT2D eigenvalue weighted by Gasteiger charge is 2.51. The van der Waals surface area contributed by atoms with Gasteiger partial charge in [0.2, 0.25) is 5.91 Å². The highest BCUT2D eigenvalue weighted by molar-refractivity contribution is 5.95. The Kier molecular flexibility index (Phi) is 4.87. The van der Waals surface area contributed by atoms with E-state index in [0.29, 0.717) is 24.6 Å². The SMILES string of the molecule is Cc1c(CCN2CCC3(CC2)CCN(C2=C(C4CC4)C(=O)OC2)C3=O)ccc2c1COC2=O. The number of cyclic esters (lactones) is 2. The van der Waals surface area contributed by atoms with Crippen LogP contribution in [0.2, 0.25) is 0 Å². The van der Waals surface area contributed by atoms with Gasteiger partial charge in [-0.25, -0.2) is 9.59 Å². The van der Waals surface area contributed by atoms with E-state index in [0.717, 1.165) is 75.0 Å². The molecule has 0 radical (unpaired) electrons. The minimum absolute atomic E-state index is 0.202. The van der Waals surface area contributed by atoms with Crippen molar-refractivity contribution in [2.75, 3.05) is 32.8 Å². The zero-order chi connectivity index (χ0) is 22.7. The molecule has 5 aliphatic rings. The zero-order valence-electron chi connectivity index (χ0n) is 19.2. The molecule has 1 amide bonds. The standard InChI is InChI=1S/C26H30N2O5/c1-16-17(4-5-19-20(16)14-32-23(19)29)6-10-27-11-7-26(8-12-27)9-13-28(25(26)31)21-15-33-24(30)22(21)18-2-3-18/h4-5,18H,2-3,6-15H2,1H3. The lowest BCUT2D eigenvalue weighted by molar-refractivity contribution is -0.138. The molecule has 4 aliphatic heterocycles. The first kappa shape index (κ1) is 20.9. The predicted molar refractivity (Wildman–Crippen MR) is 119 cm³/mol. The average molecular weight is 451 g/mol. The van der Waals surface area contributed by atoms with Crippen LogP contribution >= 0.6 is 0 Å². The van der Waals surface area contributed by atoms with E-state index in [1.807, 2.05) is 11.0 Å². The maximum atomic E-state index is 13.5. The lowest BCUT2D eigenvalue weighted by Gasteiger charge is -2.38. The van der Waals surface area contributed by atoms with Crippen molar-refractivity contribution in [1.29, 1.82) is 0 Å². The second-order valence-corrected chi connectivity index (χ2v) is 10.2. The minimum Gasteiger partial charge on any atom is -0.457 e. The van der Waals surface area contributed by atoms with Gasteiger partial charge in [-0.15, -0.1) is 0 Å². The van der Waals surface area contributed by atoms with Crippen LogP contribution in [-0.4, -0.2) is 60.4 Å². The molecule has 7 heteroatoms. The van der Waals surface area contributed by atoms with Gasteiger partial charge in [-0.05, 0) is 81.6 Å². The Labute approximate surface area is 193 Å². The van der Waals surface area contributed by atoms with Crippen molar-refractivity contribution >= 4 is 17.8 Å². The molecular formula is C26H30N2O5. The highest BCUT2D eigenvalue weighted by atomic mass is 16.5. The van der Waals surface area contributed by atoms with Crippen LogP contribution in [0.5, 0.6) is 0 Å². The summed E-state index contributed by atoms with van der Waals surface area (Å²) >= 11 is 0. The van der Waals surface area contributed by atoms with Gasteiger partial charge < -0.3 is 19.3 Å². The van der Waals surface area contributed by atoms with E-state index in [2.05, 4.69) is 17.9 Å². The molecule has 33 heavy (non-hydrogen) atoms. The van der Waals surface area contributed by atoms with Gasteiger partial charge in [-0.3, -0.25) is 4.79 Å². The number of esters is 2. The summed E-state index contributed by atoms with van der Waals surface area (Å²) in [6.45, 7) is 6.20. The third-order valence-corrected chi connectivity index (χ3v) is 8.48. The fourth-order valence-electron chi connectivity index (χ4n) is 6.10. The highest BCUT2D eigenvalue weighted by Crippen LogP contribution is 2.47. The first-order valence-electron chi connectivity index (χ1n) is 12.2. The molecule has 174 valence electrons. The fraction of sp³-hybridized carbons (Fsp3) is 0.577. The molecule has 0 aromatic heterocycles. The van der Waals surface area contributed by atoms with E-state index in [4.69, 9.17) is 9.47 Å². The number of fused-ring (bicyclic) bond motifs is 1. The average Bonchev–Trinajstić information content (AvgIpc) is 3.37. The monoisotopic (exact) mass is 450 g/mol. The van der Waals surface area contributed by atoms with Gasteiger partial charge >= 0.3 is 11.9 Å². The number of nitrogens with zero attached hydrogens (tertiary/aromatic N) is 2. The number of benzene rings is 1. The topological polar surface area (TPSA) is 76.2 Å². The number of piperidine rings is 1. The van der Waals surface area contributed by atoms with Crippen LogP contribution in [-0.2, 0) is 32.1 Å². The number of amides is 1. The van der Waals surface area contributed by atoms with Gasteiger partial charge in [0, 0.05) is 18.7 Å². The molecule has 0 unspecified atom stereocenters. The van der Waals surface area contributed by atoms with Crippen molar-refractivity contribution in [3.63, 3.8) is 0 Å². The molecular weight excluding hydrogens is 420 g/mol. The molecule has 7 nitrogen and oxygen atoms in total.